The monoisotopic (exact) mass is 292 g/mol. The Labute approximate surface area is 91.4 Å². The minimum absolute atomic E-state index is 0. The zero-order chi connectivity index (χ0) is 7.15. The van der Waals surface area contributed by atoms with E-state index in [1.807, 2.05) is 0 Å². The number of nitrogens with zero attached hydrogens (tertiary/aromatic N) is 2. The van der Waals surface area contributed by atoms with Crippen LogP contribution < -0.4 is 0 Å². The van der Waals surface area contributed by atoms with Gasteiger partial charge in [0.05, 0.1) is 5.09 Å². The van der Waals surface area contributed by atoms with Crippen molar-refractivity contribution < 1.29 is 65.0 Å². The molecule has 0 heterocycles. The maximum absolute atomic E-state index is 8.36. The van der Waals surface area contributed by atoms with Gasteiger partial charge in [0.2, 0.25) is 0 Å². The Balaban J connectivity index is -0.00000000468. The van der Waals surface area contributed by atoms with Crippen LogP contribution in [0.25, 0.3) is 0 Å². The van der Waals surface area contributed by atoms with Gasteiger partial charge in [0.25, 0.3) is 5.09 Å². The molecule has 105 valence electrons. The summed E-state index contributed by atoms with van der Waals surface area (Å²) < 4.78 is 0. The van der Waals surface area contributed by atoms with Gasteiger partial charge in [0.15, 0.2) is 0 Å². The molecule has 0 aliphatic heterocycles. The smallest absolute Gasteiger partial charge is 0.291 e. The van der Waals surface area contributed by atoms with E-state index >= 15 is 0 Å². The fourth-order valence-electron chi connectivity index (χ4n) is 0. The van der Waals surface area contributed by atoms with Crippen LogP contribution in [0.1, 0.15) is 0 Å². The van der Waals surface area contributed by atoms with E-state index in [0.717, 1.165) is 0 Å². The maximum atomic E-state index is 8.36. The van der Waals surface area contributed by atoms with Crippen LogP contribution in [0.3, 0.4) is 0 Å². The fraction of sp³-hybridized carbons (Fsp3) is 0. The van der Waals surface area contributed by atoms with Crippen molar-refractivity contribution in [1.82, 2.24) is 0 Å². The van der Waals surface area contributed by atoms with E-state index < -0.39 is 10.2 Å². The topological polar surface area (TPSA) is 319 Å². The molecule has 0 spiro atoms. The molecule has 0 aromatic heterocycles. The van der Waals surface area contributed by atoms with Crippen LogP contribution in [-0.2, 0) is 16.8 Å². The molecule has 1 radical (unpaired) electrons. The molecule has 0 aromatic carbocycles. The summed E-state index contributed by atoms with van der Waals surface area (Å²) in [6.45, 7) is 0. The van der Waals surface area contributed by atoms with E-state index in [2.05, 4.69) is 0 Å². The van der Waals surface area contributed by atoms with Gasteiger partial charge in [-0.15, -0.1) is 10.1 Å². The standard InChI is InChI=1S/Co.HNO3.NO3.6H2O/c;2*2-1(3)4;;;;;;/h;(H,2,3,4);;6*1H2/q;;-1;;;;;;. The Morgan fingerprint density at radius 1 is 0.733 bits per heavy atom. The SMILES string of the molecule is O.O.O.O.O.O.O=[N+]([O-])O.O=[N+]([O-])[O-].[Co]. The molecule has 15 heavy (non-hydrogen) atoms. The van der Waals surface area contributed by atoms with Crippen molar-refractivity contribution >= 4 is 0 Å². The first-order valence-corrected chi connectivity index (χ1v) is 1.11. The minimum atomic E-state index is -1.75. The summed E-state index contributed by atoms with van der Waals surface area (Å²) in [6, 6.07) is 0. The Kier molecular flexibility index (Phi) is 531. The summed E-state index contributed by atoms with van der Waals surface area (Å²) in [6.07, 6.45) is 0. The van der Waals surface area contributed by atoms with Crippen LogP contribution in [0.4, 0.5) is 0 Å². The number of hydrogen-bond donors (Lipinski definition) is 1. The molecule has 0 unspecified atom stereocenters. The quantitative estimate of drug-likeness (QED) is 0.334. The largest absolute Gasteiger partial charge is 0.412 e. The van der Waals surface area contributed by atoms with Crippen molar-refractivity contribution in [3.05, 3.63) is 25.4 Å². The number of hydrogen-bond acceptors (Lipinski definition) is 5. The Morgan fingerprint density at radius 3 is 0.733 bits per heavy atom. The van der Waals surface area contributed by atoms with Gasteiger partial charge >= 0.3 is 0 Å². The molecule has 13 N–H and O–H groups in total. The fourth-order valence-corrected chi connectivity index (χ4v) is 0. The van der Waals surface area contributed by atoms with Gasteiger partial charge in [-0.25, -0.2) is 0 Å². The van der Waals surface area contributed by atoms with Crippen molar-refractivity contribution in [2.45, 2.75) is 0 Å². The van der Waals surface area contributed by atoms with Crippen LogP contribution in [0.2, 0.25) is 0 Å². The van der Waals surface area contributed by atoms with Crippen LogP contribution >= 0.6 is 0 Å². The predicted molar refractivity (Wildman–Crippen MR) is 40.8 cm³/mol. The first kappa shape index (κ1) is 101. The molecule has 14 nitrogen and oxygen atoms in total. The normalized spacial score (nSPS) is 3.20. The van der Waals surface area contributed by atoms with E-state index in [9.17, 15) is 0 Å². The summed E-state index contributed by atoms with van der Waals surface area (Å²) in [5.74, 6) is 0. The molecule has 0 fully saturated rings. The van der Waals surface area contributed by atoms with Gasteiger partial charge in [-0.2, -0.15) is 0 Å². The van der Waals surface area contributed by atoms with Crippen molar-refractivity contribution in [3.63, 3.8) is 0 Å². The van der Waals surface area contributed by atoms with Crippen LogP contribution in [0.15, 0.2) is 0 Å². The average molecular weight is 292 g/mol. The Bertz CT molecular complexity index is 71.6. The van der Waals surface area contributed by atoms with Gasteiger partial charge in [-0.1, -0.05) is 0 Å². The van der Waals surface area contributed by atoms with E-state index in [1.54, 1.807) is 0 Å². The summed E-state index contributed by atoms with van der Waals surface area (Å²) in [4.78, 5) is 16.6. The molecule has 0 rings (SSSR count). The van der Waals surface area contributed by atoms with Gasteiger partial charge in [-0.05, 0) is 0 Å². The van der Waals surface area contributed by atoms with Crippen molar-refractivity contribution in [2.75, 3.05) is 0 Å². The van der Waals surface area contributed by atoms with E-state index in [-0.39, 0.29) is 49.6 Å². The third-order valence-corrected chi connectivity index (χ3v) is 0. The summed E-state index contributed by atoms with van der Waals surface area (Å²) >= 11 is 0. The Hall–Kier alpha value is -1.33. The zero-order valence-electron chi connectivity index (χ0n) is 6.72. The van der Waals surface area contributed by atoms with Gasteiger partial charge in [0.1, 0.15) is 0 Å². The van der Waals surface area contributed by atoms with Gasteiger partial charge < -0.3 is 53.4 Å². The van der Waals surface area contributed by atoms with Crippen LogP contribution in [0.5, 0.6) is 0 Å². The molecule has 0 bridgehead atoms. The third-order valence-electron chi connectivity index (χ3n) is 0. The summed E-state index contributed by atoms with van der Waals surface area (Å²) in [5.41, 5.74) is 0. The summed E-state index contributed by atoms with van der Waals surface area (Å²) in [5, 5.41) is 28.4. The third kappa shape index (κ3) is 810. The van der Waals surface area contributed by atoms with Crippen LogP contribution in [-0.4, -0.2) is 48.2 Å². The molecule has 15 heteroatoms. The predicted octanol–water partition coefficient (Wildman–Crippen LogP) is -5.54. The molecule has 0 amide bonds. The van der Waals surface area contributed by atoms with E-state index in [4.69, 9.17) is 30.6 Å². The van der Waals surface area contributed by atoms with Crippen molar-refractivity contribution in [3.8, 4) is 0 Å². The van der Waals surface area contributed by atoms with Crippen molar-refractivity contribution in [1.29, 1.82) is 0 Å². The molecule has 0 aliphatic carbocycles. The minimum Gasteiger partial charge on any atom is -0.412 e. The molecular formula is H13CoN2O12-. The molecule has 0 saturated carbocycles. The first-order chi connectivity index (χ1) is 3.46. The van der Waals surface area contributed by atoms with Crippen molar-refractivity contribution in [2.24, 2.45) is 0 Å². The second-order valence-electron chi connectivity index (χ2n) is 0.461. The maximum Gasteiger partial charge on any atom is 0.291 e. The van der Waals surface area contributed by atoms with E-state index in [0.29, 0.717) is 0 Å². The van der Waals surface area contributed by atoms with E-state index in [1.165, 1.54) is 0 Å². The second-order valence-corrected chi connectivity index (χ2v) is 0.461. The first-order valence-electron chi connectivity index (χ1n) is 1.11. The van der Waals surface area contributed by atoms with Crippen LogP contribution in [0, 0.1) is 25.4 Å². The molecular weight excluding hydrogens is 279 g/mol. The zero-order valence-corrected chi connectivity index (χ0v) is 7.76. The molecule has 0 saturated heterocycles. The summed E-state index contributed by atoms with van der Waals surface area (Å²) in [7, 11) is 0. The Morgan fingerprint density at radius 2 is 0.733 bits per heavy atom. The second kappa shape index (κ2) is 79.2. The average Bonchev–Trinajstić information content (AvgIpc) is 1.25. The molecule has 0 aliphatic rings. The van der Waals surface area contributed by atoms with Gasteiger partial charge in [0, 0.05) is 16.8 Å². The molecule has 0 atom stereocenters. The molecule has 0 aromatic rings. The number of rotatable bonds is 0. The van der Waals surface area contributed by atoms with Gasteiger partial charge in [-0.3, -0.25) is 0 Å².